The van der Waals surface area contributed by atoms with Crippen LogP contribution in [0.15, 0.2) is 24.3 Å². The zero-order chi connectivity index (χ0) is 15.0. The molecule has 0 fully saturated rings. The summed E-state index contributed by atoms with van der Waals surface area (Å²) in [5.74, 6) is 1.21. The van der Waals surface area contributed by atoms with Crippen LogP contribution in [-0.2, 0) is 6.42 Å². The summed E-state index contributed by atoms with van der Waals surface area (Å²) < 4.78 is 0. The third kappa shape index (κ3) is 2.49. The van der Waals surface area contributed by atoms with E-state index in [1.54, 1.807) is 0 Å². The zero-order valence-electron chi connectivity index (χ0n) is 12.2. The van der Waals surface area contributed by atoms with Crippen LogP contribution in [0.4, 0.5) is 5.82 Å². The average molecular weight is 298 g/mol. The zero-order valence-corrected chi connectivity index (χ0v) is 13.0. The second kappa shape index (κ2) is 5.41. The number of nitrogens with zero attached hydrogens (tertiary/aromatic N) is 2. The lowest BCUT2D eigenvalue weighted by Crippen LogP contribution is -2.26. The summed E-state index contributed by atoms with van der Waals surface area (Å²) in [6.45, 7) is 4.71. The Hall–Kier alpha value is -2.01. The molecule has 1 aromatic carbocycles. The number of benzene rings is 1. The van der Waals surface area contributed by atoms with Crippen LogP contribution in [0.3, 0.4) is 0 Å². The maximum Gasteiger partial charge on any atom is 0.159 e. The summed E-state index contributed by atoms with van der Waals surface area (Å²) in [4.78, 5) is 0.363. The van der Waals surface area contributed by atoms with Crippen molar-refractivity contribution >= 4 is 23.0 Å². The van der Waals surface area contributed by atoms with Gasteiger partial charge in [-0.3, -0.25) is 0 Å². The number of hydrogen-bond acceptors (Lipinski definition) is 4. The Bertz CT molecular complexity index is 711. The molecule has 108 valence electrons. The van der Waals surface area contributed by atoms with Gasteiger partial charge in [-0.2, -0.15) is 5.10 Å². The standard InChI is InChI=1S/C16H18N4S/c1-9-10(2)19-20-16(14(9)15(17)21)18-8-12-7-11-5-3-4-6-13(11)12/h3-6,12H,7-8H2,1-2H3,(H2,17,21)(H,18,20). The second-order valence-corrected chi connectivity index (χ2v) is 5.92. The van der Waals surface area contributed by atoms with E-state index in [1.165, 1.54) is 11.1 Å². The molecule has 2 aromatic rings. The molecule has 0 saturated heterocycles. The van der Waals surface area contributed by atoms with Crippen molar-refractivity contribution in [1.29, 1.82) is 0 Å². The van der Waals surface area contributed by atoms with Crippen LogP contribution in [-0.4, -0.2) is 21.7 Å². The Kier molecular flexibility index (Phi) is 3.59. The van der Waals surface area contributed by atoms with Crippen molar-refractivity contribution in [1.82, 2.24) is 10.2 Å². The summed E-state index contributed by atoms with van der Waals surface area (Å²) >= 11 is 5.15. The Labute approximate surface area is 129 Å². The maximum absolute atomic E-state index is 5.84. The molecule has 0 bridgehead atoms. The minimum atomic E-state index is 0.363. The first-order valence-electron chi connectivity index (χ1n) is 7.03. The number of anilines is 1. The molecular weight excluding hydrogens is 280 g/mol. The van der Waals surface area contributed by atoms with Gasteiger partial charge in [0.25, 0.3) is 0 Å². The molecular formula is C16H18N4S. The monoisotopic (exact) mass is 298 g/mol. The lowest BCUT2D eigenvalue weighted by Gasteiger charge is -2.30. The second-order valence-electron chi connectivity index (χ2n) is 5.48. The number of nitrogens with two attached hydrogens (primary N) is 1. The van der Waals surface area contributed by atoms with Crippen LogP contribution in [0.5, 0.6) is 0 Å². The van der Waals surface area contributed by atoms with Crippen molar-refractivity contribution in [3.05, 3.63) is 52.2 Å². The van der Waals surface area contributed by atoms with E-state index in [4.69, 9.17) is 18.0 Å². The van der Waals surface area contributed by atoms with E-state index in [0.29, 0.717) is 16.7 Å². The van der Waals surface area contributed by atoms with Gasteiger partial charge in [-0.1, -0.05) is 36.5 Å². The third-order valence-electron chi connectivity index (χ3n) is 4.18. The van der Waals surface area contributed by atoms with Gasteiger partial charge in [0.2, 0.25) is 0 Å². The van der Waals surface area contributed by atoms with E-state index in [9.17, 15) is 0 Å². The first kappa shape index (κ1) is 13.9. The average Bonchev–Trinajstić information content (AvgIpc) is 2.43. The molecule has 1 aliphatic carbocycles. The molecule has 0 spiro atoms. The van der Waals surface area contributed by atoms with Crippen LogP contribution in [0.25, 0.3) is 0 Å². The lowest BCUT2D eigenvalue weighted by molar-refractivity contribution is 0.633. The van der Waals surface area contributed by atoms with Gasteiger partial charge < -0.3 is 11.1 Å². The van der Waals surface area contributed by atoms with E-state index >= 15 is 0 Å². The number of rotatable bonds is 4. The summed E-state index contributed by atoms with van der Waals surface area (Å²) in [5.41, 5.74) is 11.4. The van der Waals surface area contributed by atoms with Crippen molar-refractivity contribution in [2.75, 3.05) is 11.9 Å². The molecule has 0 aliphatic heterocycles. The van der Waals surface area contributed by atoms with E-state index in [0.717, 1.165) is 29.8 Å². The summed E-state index contributed by atoms with van der Waals surface area (Å²) in [6.07, 6.45) is 1.10. The first-order valence-corrected chi connectivity index (χ1v) is 7.44. The minimum absolute atomic E-state index is 0.363. The van der Waals surface area contributed by atoms with Crippen molar-refractivity contribution in [3.8, 4) is 0 Å². The van der Waals surface area contributed by atoms with Gasteiger partial charge in [0.15, 0.2) is 5.82 Å². The van der Waals surface area contributed by atoms with E-state index in [1.807, 2.05) is 13.8 Å². The van der Waals surface area contributed by atoms with Crippen LogP contribution < -0.4 is 11.1 Å². The highest BCUT2D eigenvalue weighted by atomic mass is 32.1. The highest BCUT2D eigenvalue weighted by Gasteiger charge is 2.25. The summed E-state index contributed by atoms with van der Waals surface area (Å²) in [7, 11) is 0. The van der Waals surface area contributed by atoms with Crippen molar-refractivity contribution < 1.29 is 0 Å². The van der Waals surface area contributed by atoms with Gasteiger partial charge in [-0.25, -0.2) is 0 Å². The van der Waals surface area contributed by atoms with Crippen LogP contribution >= 0.6 is 12.2 Å². The Morgan fingerprint density at radius 3 is 2.81 bits per heavy atom. The Morgan fingerprint density at radius 2 is 2.10 bits per heavy atom. The van der Waals surface area contributed by atoms with Gasteiger partial charge in [0, 0.05) is 12.5 Å². The van der Waals surface area contributed by atoms with Crippen molar-refractivity contribution in [2.45, 2.75) is 26.2 Å². The summed E-state index contributed by atoms with van der Waals surface area (Å²) in [5, 5.41) is 11.7. The smallest absolute Gasteiger partial charge is 0.159 e. The van der Waals surface area contributed by atoms with Gasteiger partial charge >= 0.3 is 0 Å². The van der Waals surface area contributed by atoms with Crippen LogP contribution in [0, 0.1) is 13.8 Å². The highest BCUT2D eigenvalue weighted by Crippen LogP contribution is 2.34. The minimum Gasteiger partial charge on any atom is -0.389 e. The molecule has 0 saturated carbocycles. The van der Waals surface area contributed by atoms with E-state index in [-0.39, 0.29) is 0 Å². The number of fused-ring (bicyclic) bond motifs is 1. The number of nitrogens with one attached hydrogen (secondary N) is 1. The van der Waals surface area contributed by atoms with Gasteiger partial charge in [0.05, 0.1) is 11.3 Å². The van der Waals surface area contributed by atoms with Crippen LogP contribution in [0.2, 0.25) is 0 Å². The SMILES string of the molecule is Cc1nnc(NCC2Cc3ccccc32)c(C(N)=S)c1C. The molecule has 3 rings (SSSR count). The van der Waals surface area contributed by atoms with E-state index in [2.05, 4.69) is 39.8 Å². The molecule has 5 heteroatoms. The molecule has 21 heavy (non-hydrogen) atoms. The molecule has 0 radical (unpaired) electrons. The molecule has 1 atom stereocenters. The third-order valence-corrected chi connectivity index (χ3v) is 4.38. The predicted molar refractivity (Wildman–Crippen MR) is 88.8 cm³/mol. The highest BCUT2D eigenvalue weighted by molar-refractivity contribution is 7.80. The molecule has 1 aliphatic rings. The quantitative estimate of drug-likeness (QED) is 0.849. The largest absolute Gasteiger partial charge is 0.389 e. The predicted octanol–water partition coefficient (Wildman–Crippen LogP) is 2.48. The normalized spacial score (nSPS) is 16.0. The molecule has 0 amide bonds. The number of aromatic nitrogens is 2. The molecule has 4 nitrogen and oxygen atoms in total. The Morgan fingerprint density at radius 1 is 1.33 bits per heavy atom. The molecule has 1 heterocycles. The van der Waals surface area contributed by atoms with Crippen molar-refractivity contribution in [3.63, 3.8) is 0 Å². The fourth-order valence-electron chi connectivity index (χ4n) is 2.80. The van der Waals surface area contributed by atoms with Gasteiger partial charge in [0.1, 0.15) is 4.99 Å². The molecule has 1 aromatic heterocycles. The molecule has 1 unspecified atom stereocenters. The van der Waals surface area contributed by atoms with Gasteiger partial charge in [-0.05, 0) is 37.0 Å². The number of thiocarbonyl (C=S) groups is 1. The molecule has 3 N–H and O–H groups in total. The topological polar surface area (TPSA) is 63.8 Å². The number of hydrogen-bond donors (Lipinski definition) is 2. The fraction of sp³-hybridized carbons (Fsp3) is 0.312. The van der Waals surface area contributed by atoms with E-state index < -0.39 is 0 Å². The lowest BCUT2D eigenvalue weighted by atomic mass is 9.77. The maximum atomic E-state index is 5.84. The Balaban J connectivity index is 1.78. The summed E-state index contributed by atoms with van der Waals surface area (Å²) in [6, 6.07) is 8.54. The number of aryl methyl sites for hydroxylation is 1. The first-order chi connectivity index (χ1) is 10.1. The van der Waals surface area contributed by atoms with Gasteiger partial charge in [-0.15, -0.1) is 5.10 Å². The fourth-order valence-corrected chi connectivity index (χ4v) is 3.05. The van der Waals surface area contributed by atoms with Crippen molar-refractivity contribution in [2.24, 2.45) is 5.73 Å². The van der Waals surface area contributed by atoms with Crippen LogP contribution in [0.1, 0.15) is 33.9 Å².